The molecule has 0 aromatic heterocycles. The zero-order chi connectivity index (χ0) is 20.0. The fourth-order valence-electron chi connectivity index (χ4n) is 3.79. The lowest BCUT2D eigenvalue weighted by Gasteiger charge is -2.39. The van der Waals surface area contributed by atoms with Gasteiger partial charge < -0.3 is 10.2 Å². The summed E-state index contributed by atoms with van der Waals surface area (Å²) >= 11 is 1.86. The Morgan fingerprint density at radius 3 is 2.68 bits per heavy atom. The first-order valence-electron chi connectivity index (χ1n) is 10.5. The van der Waals surface area contributed by atoms with Crippen LogP contribution in [-0.4, -0.2) is 53.0 Å². The summed E-state index contributed by atoms with van der Waals surface area (Å²) in [6.07, 6.45) is 4.25. The molecule has 0 aliphatic carbocycles. The SMILES string of the molecule is CCC(C)CNC(=O)C1CSC2(CCN(C(=O)CCc3ccccc3)CC2)N1. The van der Waals surface area contributed by atoms with Crippen molar-refractivity contribution in [1.29, 1.82) is 0 Å². The van der Waals surface area contributed by atoms with Crippen LogP contribution in [-0.2, 0) is 16.0 Å². The number of carbonyl (C=O) groups is 2. The molecule has 2 amide bonds. The predicted molar refractivity (Wildman–Crippen MR) is 115 cm³/mol. The fraction of sp³-hybridized carbons (Fsp3) is 0.636. The standard InChI is InChI=1S/C22H33N3O2S/c1-3-17(2)15-23-21(27)19-16-28-22(24-19)11-13-25(14-12-22)20(26)10-9-18-7-5-4-6-8-18/h4-8,17,19,24H,3,9-16H2,1-2H3,(H,23,27). The third-order valence-corrected chi connectivity index (χ3v) is 7.57. The minimum Gasteiger partial charge on any atom is -0.354 e. The van der Waals surface area contributed by atoms with Crippen LogP contribution in [0.4, 0.5) is 0 Å². The highest BCUT2D eigenvalue weighted by Gasteiger charge is 2.44. The smallest absolute Gasteiger partial charge is 0.238 e. The Kier molecular flexibility index (Phi) is 7.41. The summed E-state index contributed by atoms with van der Waals surface area (Å²) in [5, 5.41) is 6.66. The minimum atomic E-state index is -0.116. The number of carbonyl (C=O) groups excluding carboxylic acids is 2. The summed E-state index contributed by atoms with van der Waals surface area (Å²) in [4.78, 5) is 26.9. The Bertz CT molecular complexity index is 659. The number of benzene rings is 1. The summed E-state index contributed by atoms with van der Waals surface area (Å²) in [6, 6.07) is 10.1. The second kappa shape index (κ2) is 9.79. The molecular weight excluding hydrogens is 370 g/mol. The lowest BCUT2D eigenvalue weighted by molar-refractivity contribution is -0.132. The largest absolute Gasteiger partial charge is 0.354 e. The maximum atomic E-state index is 12.6. The summed E-state index contributed by atoms with van der Waals surface area (Å²) in [5.41, 5.74) is 1.21. The van der Waals surface area contributed by atoms with Crippen LogP contribution in [0.15, 0.2) is 30.3 Å². The molecule has 1 aromatic carbocycles. The molecule has 0 saturated carbocycles. The molecule has 28 heavy (non-hydrogen) atoms. The number of thioether (sulfide) groups is 1. The predicted octanol–water partition coefficient (Wildman–Crippen LogP) is 2.81. The van der Waals surface area contributed by atoms with E-state index in [4.69, 9.17) is 0 Å². The number of nitrogens with zero attached hydrogens (tertiary/aromatic N) is 1. The maximum Gasteiger partial charge on any atom is 0.238 e. The van der Waals surface area contributed by atoms with Gasteiger partial charge in [0.2, 0.25) is 11.8 Å². The molecule has 154 valence electrons. The van der Waals surface area contributed by atoms with Crippen LogP contribution < -0.4 is 10.6 Å². The Hall–Kier alpha value is -1.53. The molecule has 5 nitrogen and oxygen atoms in total. The van der Waals surface area contributed by atoms with Crippen molar-refractivity contribution in [2.45, 2.75) is 56.9 Å². The zero-order valence-electron chi connectivity index (χ0n) is 17.1. The molecule has 2 aliphatic heterocycles. The molecule has 2 aliphatic rings. The molecule has 0 bridgehead atoms. The van der Waals surface area contributed by atoms with Crippen LogP contribution in [0.2, 0.25) is 0 Å². The normalized spacial score (nSPS) is 22.2. The number of likely N-dealkylation sites (tertiary alicyclic amines) is 1. The Balaban J connectivity index is 1.42. The van der Waals surface area contributed by atoms with E-state index in [1.165, 1.54) is 5.56 Å². The Morgan fingerprint density at radius 1 is 1.29 bits per heavy atom. The van der Waals surface area contributed by atoms with Crippen LogP contribution in [0.5, 0.6) is 0 Å². The lowest BCUT2D eigenvalue weighted by Crippen LogP contribution is -2.54. The van der Waals surface area contributed by atoms with Crippen molar-refractivity contribution < 1.29 is 9.59 Å². The number of piperidine rings is 1. The van der Waals surface area contributed by atoms with E-state index in [2.05, 4.69) is 36.6 Å². The van der Waals surface area contributed by atoms with Gasteiger partial charge in [-0.05, 0) is 30.7 Å². The van der Waals surface area contributed by atoms with E-state index in [9.17, 15) is 9.59 Å². The van der Waals surface area contributed by atoms with Crippen molar-refractivity contribution in [2.24, 2.45) is 5.92 Å². The van der Waals surface area contributed by atoms with Crippen LogP contribution in [0.25, 0.3) is 0 Å². The molecule has 2 N–H and O–H groups in total. The molecule has 6 heteroatoms. The highest BCUT2D eigenvalue weighted by atomic mass is 32.2. The quantitative estimate of drug-likeness (QED) is 0.735. The van der Waals surface area contributed by atoms with Gasteiger partial charge >= 0.3 is 0 Å². The first-order valence-corrected chi connectivity index (χ1v) is 11.5. The first kappa shape index (κ1) is 21.2. The third-order valence-electron chi connectivity index (χ3n) is 6.00. The van der Waals surface area contributed by atoms with Crippen molar-refractivity contribution in [3.05, 3.63) is 35.9 Å². The lowest BCUT2D eigenvalue weighted by atomic mass is 10.0. The second-order valence-electron chi connectivity index (χ2n) is 8.13. The van der Waals surface area contributed by atoms with Gasteiger partial charge in [0.15, 0.2) is 0 Å². The van der Waals surface area contributed by atoms with E-state index in [-0.39, 0.29) is 22.7 Å². The van der Waals surface area contributed by atoms with Gasteiger partial charge in [-0.15, -0.1) is 11.8 Å². The molecule has 1 aromatic rings. The van der Waals surface area contributed by atoms with Crippen LogP contribution in [0.3, 0.4) is 0 Å². The minimum absolute atomic E-state index is 0.0470. The van der Waals surface area contributed by atoms with E-state index in [0.717, 1.165) is 51.1 Å². The Labute approximate surface area is 173 Å². The fourth-order valence-corrected chi connectivity index (χ4v) is 5.20. The number of rotatable bonds is 7. The molecule has 2 atom stereocenters. The molecule has 2 fully saturated rings. The van der Waals surface area contributed by atoms with E-state index >= 15 is 0 Å². The van der Waals surface area contributed by atoms with Gasteiger partial charge in [0.05, 0.1) is 10.9 Å². The van der Waals surface area contributed by atoms with E-state index < -0.39 is 0 Å². The average Bonchev–Trinajstić information content (AvgIpc) is 3.15. The molecule has 1 spiro atoms. The highest BCUT2D eigenvalue weighted by molar-refractivity contribution is 8.01. The van der Waals surface area contributed by atoms with Gasteiger partial charge in [0.25, 0.3) is 0 Å². The van der Waals surface area contributed by atoms with Crippen molar-refractivity contribution >= 4 is 23.6 Å². The molecular formula is C22H33N3O2S. The summed E-state index contributed by atoms with van der Waals surface area (Å²) in [6.45, 7) is 6.59. The van der Waals surface area contributed by atoms with E-state index in [1.54, 1.807) is 0 Å². The first-order chi connectivity index (χ1) is 13.5. The van der Waals surface area contributed by atoms with Crippen molar-refractivity contribution in [1.82, 2.24) is 15.5 Å². The third kappa shape index (κ3) is 5.51. The summed E-state index contributed by atoms with van der Waals surface area (Å²) < 4.78 is 0. The van der Waals surface area contributed by atoms with Crippen molar-refractivity contribution in [2.75, 3.05) is 25.4 Å². The molecule has 2 saturated heterocycles. The van der Waals surface area contributed by atoms with Gasteiger partial charge in [-0.2, -0.15) is 0 Å². The monoisotopic (exact) mass is 403 g/mol. The molecule has 2 unspecified atom stereocenters. The van der Waals surface area contributed by atoms with Crippen molar-refractivity contribution in [3.8, 4) is 0 Å². The van der Waals surface area contributed by atoms with Crippen LogP contribution >= 0.6 is 11.8 Å². The van der Waals surface area contributed by atoms with Gasteiger partial charge in [-0.3, -0.25) is 14.9 Å². The van der Waals surface area contributed by atoms with Crippen molar-refractivity contribution in [3.63, 3.8) is 0 Å². The van der Waals surface area contributed by atoms with E-state index in [1.807, 2.05) is 34.9 Å². The van der Waals surface area contributed by atoms with E-state index in [0.29, 0.717) is 12.3 Å². The number of hydrogen-bond donors (Lipinski definition) is 2. The van der Waals surface area contributed by atoms with Crippen LogP contribution in [0, 0.1) is 5.92 Å². The van der Waals surface area contributed by atoms with Gasteiger partial charge in [-0.25, -0.2) is 0 Å². The van der Waals surface area contributed by atoms with Gasteiger partial charge in [0, 0.05) is 31.8 Å². The highest BCUT2D eigenvalue weighted by Crippen LogP contribution is 2.39. The average molecular weight is 404 g/mol. The topological polar surface area (TPSA) is 61.4 Å². The maximum absolute atomic E-state index is 12.6. The number of hydrogen-bond acceptors (Lipinski definition) is 4. The number of aryl methyl sites for hydroxylation is 1. The zero-order valence-corrected chi connectivity index (χ0v) is 17.9. The second-order valence-corrected chi connectivity index (χ2v) is 9.53. The number of amides is 2. The van der Waals surface area contributed by atoms with Gasteiger partial charge in [-0.1, -0.05) is 50.6 Å². The van der Waals surface area contributed by atoms with Crippen LogP contribution in [0.1, 0.15) is 45.1 Å². The molecule has 2 heterocycles. The molecule has 0 radical (unpaired) electrons. The summed E-state index contributed by atoms with van der Waals surface area (Å²) in [7, 11) is 0. The van der Waals surface area contributed by atoms with Gasteiger partial charge in [0.1, 0.15) is 0 Å². The molecule has 3 rings (SSSR count). The number of nitrogens with one attached hydrogen (secondary N) is 2. The summed E-state index contributed by atoms with van der Waals surface area (Å²) in [5.74, 6) is 1.68. The Morgan fingerprint density at radius 2 is 2.00 bits per heavy atom.